The lowest BCUT2D eigenvalue weighted by molar-refractivity contribution is 0.384. The van der Waals surface area contributed by atoms with Gasteiger partial charge in [-0.15, -0.1) is 0 Å². The van der Waals surface area contributed by atoms with Crippen LogP contribution < -0.4 is 0 Å². The highest BCUT2D eigenvalue weighted by molar-refractivity contribution is 5.29. The fraction of sp³-hybridized carbons (Fsp3) is 0.273. The van der Waals surface area contributed by atoms with Crippen LogP contribution in [-0.2, 0) is 6.42 Å². The van der Waals surface area contributed by atoms with Gasteiger partial charge in [0.2, 0.25) is 5.89 Å². The van der Waals surface area contributed by atoms with Gasteiger partial charge in [0.05, 0.1) is 6.42 Å². The molecule has 1 aromatic carbocycles. The van der Waals surface area contributed by atoms with Gasteiger partial charge in [-0.3, -0.25) is 0 Å². The third kappa shape index (κ3) is 1.99. The number of benzene rings is 1. The van der Waals surface area contributed by atoms with Crippen molar-refractivity contribution in [2.45, 2.75) is 20.3 Å². The maximum Gasteiger partial charge on any atom is 0.230 e. The van der Waals surface area contributed by atoms with E-state index in [2.05, 4.69) is 42.2 Å². The summed E-state index contributed by atoms with van der Waals surface area (Å²) in [6.07, 6.45) is 2.14. The molecule has 3 heteroatoms. The molecule has 0 atom stereocenters. The summed E-state index contributed by atoms with van der Waals surface area (Å²) in [5.74, 6) is 0.662. The van der Waals surface area contributed by atoms with Gasteiger partial charge in [-0.1, -0.05) is 34.5 Å². The second-order valence-corrected chi connectivity index (χ2v) is 3.51. The molecule has 0 unspecified atom stereocenters. The smallest absolute Gasteiger partial charge is 0.230 e. The second kappa shape index (κ2) is 3.62. The van der Waals surface area contributed by atoms with E-state index in [1.165, 1.54) is 23.0 Å². The van der Waals surface area contributed by atoms with Gasteiger partial charge in [0.1, 0.15) is 0 Å². The Labute approximate surface area is 82.8 Å². The Hall–Kier alpha value is -1.64. The molecule has 0 radical (unpaired) electrons. The molecule has 2 aromatic rings. The summed E-state index contributed by atoms with van der Waals surface area (Å²) in [5.41, 5.74) is 3.74. The van der Waals surface area contributed by atoms with E-state index >= 15 is 0 Å². The van der Waals surface area contributed by atoms with Crippen molar-refractivity contribution in [2.24, 2.45) is 0 Å². The summed E-state index contributed by atoms with van der Waals surface area (Å²) in [4.78, 5) is 3.99. The van der Waals surface area contributed by atoms with Gasteiger partial charge in [-0.25, -0.2) is 0 Å². The van der Waals surface area contributed by atoms with E-state index in [4.69, 9.17) is 4.52 Å². The predicted molar refractivity (Wildman–Crippen MR) is 53.0 cm³/mol. The fourth-order valence-electron chi connectivity index (χ4n) is 1.62. The number of nitrogens with zero attached hydrogens (tertiary/aromatic N) is 2. The van der Waals surface area contributed by atoms with Crippen LogP contribution in [0.4, 0.5) is 0 Å². The Kier molecular flexibility index (Phi) is 2.31. The first kappa shape index (κ1) is 8.94. The first-order valence-corrected chi connectivity index (χ1v) is 4.57. The average Bonchev–Trinajstić information content (AvgIpc) is 2.54. The zero-order valence-corrected chi connectivity index (χ0v) is 8.32. The number of aromatic nitrogens is 2. The van der Waals surface area contributed by atoms with Gasteiger partial charge in [0.25, 0.3) is 0 Å². The first-order valence-electron chi connectivity index (χ1n) is 4.57. The number of hydrogen-bond donors (Lipinski definition) is 0. The molecule has 0 bridgehead atoms. The lowest BCUT2D eigenvalue weighted by Crippen LogP contribution is -1.90. The van der Waals surface area contributed by atoms with Crippen molar-refractivity contribution in [3.8, 4) is 0 Å². The van der Waals surface area contributed by atoms with Gasteiger partial charge in [-0.05, 0) is 19.4 Å². The van der Waals surface area contributed by atoms with E-state index < -0.39 is 0 Å². The van der Waals surface area contributed by atoms with Crippen LogP contribution in [0.15, 0.2) is 29.0 Å². The van der Waals surface area contributed by atoms with Gasteiger partial charge >= 0.3 is 0 Å². The summed E-state index contributed by atoms with van der Waals surface area (Å²) in [7, 11) is 0. The Morgan fingerprint density at radius 3 is 2.43 bits per heavy atom. The molecule has 0 amide bonds. The van der Waals surface area contributed by atoms with Crippen molar-refractivity contribution in [3.63, 3.8) is 0 Å². The largest absolute Gasteiger partial charge is 0.339 e. The SMILES string of the molecule is Cc1cc(C)cc(Cc2ncno2)c1. The van der Waals surface area contributed by atoms with Gasteiger partial charge in [0, 0.05) is 0 Å². The van der Waals surface area contributed by atoms with E-state index in [0.717, 1.165) is 0 Å². The van der Waals surface area contributed by atoms with Crippen LogP contribution >= 0.6 is 0 Å². The van der Waals surface area contributed by atoms with Gasteiger partial charge < -0.3 is 4.52 Å². The van der Waals surface area contributed by atoms with Crippen molar-refractivity contribution < 1.29 is 4.52 Å². The molecule has 0 aliphatic rings. The Bertz CT molecular complexity index is 401. The Morgan fingerprint density at radius 2 is 1.86 bits per heavy atom. The molecule has 3 nitrogen and oxygen atoms in total. The van der Waals surface area contributed by atoms with Crippen LogP contribution in [0.25, 0.3) is 0 Å². The highest BCUT2D eigenvalue weighted by Crippen LogP contribution is 2.11. The number of hydrogen-bond acceptors (Lipinski definition) is 3. The molecule has 1 heterocycles. The zero-order chi connectivity index (χ0) is 9.97. The molecular formula is C11H12N2O. The lowest BCUT2D eigenvalue weighted by atomic mass is 10.1. The summed E-state index contributed by atoms with van der Waals surface area (Å²) >= 11 is 0. The molecule has 0 saturated heterocycles. The normalized spacial score (nSPS) is 10.4. The molecule has 14 heavy (non-hydrogen) atoms. The fourth-order valence-corrected chi connectivity index (χ4v) is 1.62. The van der Waals surface area contributed by atoms with E-state index in [-0.39, 0.29) is 0 Å². The molecule has 2 rings (SSSR count). The summed E-state index contributed by atoms with van der Waals surface area (Å²) in [6.45, 7) is 4.18. The molecule has 72 valence electrons. The topological polar surface area (TPSA) is 38.9 Å². The Morgan fingerprint density at radius 1 is 1.14 bits per heavy atom. The van der Waals surface area contributed by atoms with Crippen molar-refractivity contribution in [3.05, 3.63) is 47.1 Å². The minimum Gasteiger partial charge on any atom is -0.339 e. The second-order valence-electron chi connectivity index (χ2n) is 3.51. The van der Waals surface area contributed by atoms with Crippen molar-refractivity contribution in [1.29, 1.82) is 0 Å². The average molecular weight is 188 g/mol. The van der Waals surface area contributed by atoms with E-state index in [1.807, 2.05) is 0 Å². The quantitative estimate of drug-likeness (QED) is 0.725. The lowest BCUT2D eigenvalue weighted by Gasteiger charge is -2.01. The van der Waals surface area contributed by atoms with Crippen LogP contribution in [0, 0.1) is 13.8 Å². The summed E-state index contributed by atoms with van der Waals surface area (Å²) in [5, 5.41) is 3.58. The van der Waals surface area contributed by atoms with Gasteiger partial charge in [-0.2, -0.15) is 4.98 Å². The first-order chi connectivity index (χ1) is 6.74. The van der Waals surface area contributed by atoms with Crippen LogP contribution in [0.5, 0.6) is 0 Å². The zero-order valence-electron chi connectivity index (χ0n) is 8.32. The predicted octanol–water partition coefficient (Wildman–Crippen LogP) is 2.28. The van der Waals surface area contributed by atoms with E-state index in [1.54, 1.807) is 0 Å². The minimum absolute atomic E-state index is 0.662. The van der Waals surface area contributed by atoms with E-state index in [0.29, 0.717) is 12.3 Å². The molecule has 1 aromatic heterocycles. The number of rotatable bonds is 2. The van der Waals surface area contributed by atoms with Crippen LogP contribution in [0.1, 0.15) is 22.6 Å². The monoisotopic (exact) mass is 188 g/mol. The van der Waals surface area contributed by atoms with Crippen molar-refractivity contribution in [2.75, 3.05) is 0 Å². The molecule has 0 aliphatic heterocycles. The van der Waals surface area contributed by atoms with Crippen molar-refractivity contribution >= 4 is 0 Å². The molecule has 0 fully saturated rings. The highest BCUT2D eigenvalue weighted by Gasteiger charge is 2.02. The third-order valence-corrected chi connectivity index (χ3v) is 2.04. The van der Waals surface area contributed by atoms with Crippen LogP contribution in [0.2, 0.25) is 0 Å². The van der Waals surface area contributed by atoms with Crippen LogP contribution in [-0.4, -0.2) is 10.1 Å². The molecule has 0 aliphatic carbocycles. The summed E-state index contributed by atoms with van der Waals surface area (Å²) < 4.78 is 4.96. The molecule has 0 N–H and O–H groups in total. The minimum atomic E-state index is 0.662. The third-order valence-electron chi connectivity index (χ3n) is 2.04. The highest BCUT2D eigenvalue weighted by atomic mass is 16.5. The molecule has 0 saturated carbocycles. The molecular weight excluding hydrogens is 176 g/mol. The maximum absolute atomic E-state index is 4.96. The summed E-state index contributed by atoms with van der Waals surface area (Å²) in [6, 6.07) is 6.42. The molecule has 0 spiro atoms. The van der Waals surface area contributed by atoms with Gasteiger partial charge in [0.15, 0.2) is 6.33 Å². The standard InChI is InChI=1S/C11H12N2O/c1-8-3-9(2)5-10(4-8)6-11-12-7-13-14-11/h3-5,7H,6H2,1-2H3. The maximum atomic E-state index is 4.96. The van der Waals surface area contributed by atoms with E-state index in [9.17, 15) is 0 Å². The van der Waals surface area contributed by atoms with Crippen molar-refractivity contribution in [1.82, 2.24) is 10.1 Å². The number of aryl methyl sites for hydroxylation is 2. The Balaban J connectivity index is 2.25. The van der Waals surface area contributed by atoms with Crippen LogP contribution in [0.3, 0.4) is 0 Å².